The fraction of sp³-hybridized carbons (Fsp3) is 1.00. The van der Waals surface area contributed by atoms with Crippen LogP contribution in [0, 0.1) is 0 Å². The molecule has 2 aliphatic heterocycles. The van der Waals surface area contributed by atoms with Crippen molar-refractivity contribution in [2.75, 3.05) is 39.3 Å². The van der Waals surface area contributed by atoms with Crippen molar-refractivity contribution in [1.29, 1.82) is 0 Å². The lowest BCUT2D eigenvalue weighted by Crippen LogP contribution is -2.46. The first-order chi connectivity index (χ1) is 6.40. The summed E-state index contributed by atoms with van der Waals surface area (Å²) in [5, 5.41) is 0. The topological polar surface area (TPSA) is 32.5 Å². The Morgan fingerprint density at radius 3 is 2.69 bits per heavy atom. The maximum absolute atomic E-state index is 5.50. The first-order valence-corrected chi connectivity index (χ1v) is 5.56. The lowest BCUT2D eigenvalue weighted by atomic mass is 10.1. The number of hydrogen-bond acceptors (Lipinski definition) is 3. The largest absolute Gasteiger partial charge is 0.330 e. The van der Waals surface area contributed by atoms with Gasteiger partial charge in [0, 0.05) is 12.6 Å². The molecule has 76 valence electrons. The molecule has 13 heavy (non-hydrogen) atoms. The zero-order chi connectivity index (χ0) is 9.10. The molecule has 0 bridgehead atoms. The van der Waals surface area contributed by atoms with Gasteiger partial charge in [0.2, 0.25) is 0 Å². The molecule has 2 aliphatic rings. The van der Waals surface area contributed by atoms with Crippen molar-refractivity contribution >= 4 is 0 Å². The third-order valence-corrected chi connectivity index (χ3v) is 3.33. The molecule has 2 saturated heterocycles. The van der Waals surface area contributed by atoms with Crippen LogP contribution in [0.5, 0.6) is 0 Å². The van der Waals surface area contributed by atoms with Crippen molar-refractivity contribution in [2.45, 2.75) is 25.3 Å². The van der Waals surface area contributed by atoms with Crippen molar-refractivity contribution < 1.29 is 0 Å². The molecule has 0 aromatic carbocycles. The number of rotatable bonds is 4. The molecule has 2 rings (SSSR count). The average molecular weight is 183 g/mol. The van der Waals surface area contributed by atoms with E-state index in [1.807, 2.05) is 0 Å². The molecule has 1 unspecified atom stereocenters. The summed E-state index contributed by atoms with van der Waals surface area (Å²) in [5.74, 6) is 0. The van der Waals surface area contributed by atoms with Crippen LogP contribution in [0.3, 0.4) is 0 Å². The Balaban J connectivity index is 1.67. The van der Waals surface area contributed by atoms with E-state index in [4.69, 9.17) is 5.73 Å². The van der Waals surface area contributed by atoms with E-state index in [1.54, 1.807) is 0 Å². The third kappa shape index (κ3) is 2.22. The third-order valence-electron chi connectivity index (χ3n) is 3.33. The zero-order valence-corrected chi connectivity index (χ0v) is 8.41. The summed E-state index contributed by atoms with van der Waals surface area (Å²) >= 11 is 0. The average Bonchev–Trinajstić information content (AvgIpc) is 2.46. The van der Waals surface area contributed by atoms with Crippen LogP contribution < -0.4 is 5.73 Å². The zero-order valence-electron chi connectivity index (χ0n) is 8.41. The van der Waals surface area contributed by atoms with E-state index < -0.39 is 0 Å². The molecule has 0 spiro atoms. The molecule has 3 heteroatoms. The minimum Gasteiger partial charge on any atom is -0.330 e. The van der Waals surface area contributed by atoms with Crippen LogP contribution in [0.1, 0.15) is 19.3 Å². The maximum atomic E-state index is 5.50. The summed E-state index contributed by atoms with van der Waals surface area (Å²) in [6.45, 7) is 7.32. The van der Waals surface area contributed by atoms with Gasteiger partial charge >= 0.3 is 0 Å². The Hall–Kier alpha value is -0.120. The summed E-state index contributed by atoms with van der Waals surface area (Å²) in [4.78, 5) is 5.19. The van der Waals surface area contributed by atoms with Gasteiger partial charge in [-0.25, -0.2) is 0 Å². The highest BCUT2D eigenvalue weighted by Gasteiger charge is 2.29. The SMILES string of the molecule is NCCCN1CCC(N2CCC2)C1. The highest BCUT2D eigenvalue weighted by Crippen LogP contribution is 2.20. The van der Waals surface area contributed by atoms with Crippen LogP contribution in [0.15, 0.2) is 0 Å². The minimum atomic E-state index is 0.838. The van der Waals surface area contributed by atoms with Gasteiger partial charge in [-0.2, -0.15) is 0 Å². The lowest BCUT2D eigenvalue weighted by Gasteiger charge is -2.36. The van der Waals surface area contributed by atoms with Crippen LogP contribution in [0.25, 0.3) is 0 Å². The van der Waals surface area contributed by atoms with Gasteiger partial charge in [0.25, 0.3) is 0 Å². The number of nitrogens with zero attached hydrogens (tertiary/aromatic N) is 2. The van der Waals surface area contributed by atoms with E-state index in [1.165, 1.54) is 45.6 Å². The van der Waals surface area contributed by atoms with Crippen molar-refractivity contribution in [2.24, 2.45) is 5.73 Å². The summed E-state index contributed by atoms with van der Waals surface area (Å²) < 4.78 is 0. The van der Waals surface area contributed by atoms with E-state index >= 15 is 0 Å². The normalized spacial score (nSPS) is 30.7. The molecule has 2 heterocycles. The number of nitrogens with two attached hydrogens (primary N) is 1. The van der Waals surface area contributed by atoms with E-state index in [0.717, 1.165) is 19.0 Å². The van der Waals surface area contributed by atoms with E-state index in [-0.39, 0.29) is 0 Å². The Labute approximate surface area is 80.9 Å². The molecule has 0 aromatic rings. The second-order valence-corrected chi connectivity index (χ2v) is 4.27. The summed E-state index contributed by atoms with van der Waals surface area (Å²) in [6.07, 6.45) is 3.95. The molecule has 2 N–H and O–H groups in total. The predicted molar refractivity (Wildman–Crippen MR) is 54.7 cm³/mol. The fourth-order valence-electron chi connectivity index (χ4n) is 2.33. The lowest BCUT2D eigenvalue weighted by molar-refractivity contribution is 0.120. The molecule has 1 atom stereocenters. The van der Waals surface area contributed by atoms with E-state index in [0.29, 0.717) is 0 Å². The monoisotopic (exact) mass is 183 g/mol. The van der Waals surface area contributed by atoms with Crippen molar-refractivity contribution in [1.82, 2.24) is 9.80 Å². The van der Waals surface area contributed by atoms with E-state index in [9.17, 15) is 0 Å². The van der Waals surface area contributed by atoms with Crippen LogP contribution in [0.2, 0.25) is 0 Å². The van der Waals surface area contributed by atoms with Crippen LogP contribution >= 0.6 is 0 Å². The van der Waals surface area contributed by atoms with Gasteiger partial charge in [-0.05, 0) is 52.0 Å². The first kappa shape index (κ1) is 9.44. The highest BCUT2D eigenvalue weighted by atomic mass is 15.3. The van der Waals surface area contributed by atoms with Gasteiger partial charge in [-0.3, -0.25) is 4.90 Å². The summed E-state index contributed by atoms with van der Waals surface area (Å²) in [7, 11) is 0. The standard InChI is InChI=1S/C10H21N3/c11-4-1-5-12-8-3-10(9-12)13-6-2-7-13/h10H,1-9,11H2. The molecule has 0 radical (unpaired) electrons. The van der Waals surface area contributed by atoms with Crippen LogP contribution in [-0.4, -0.2) is 55.1 Å². The van der Waals surface area contributed by atoms with Gasteiger partial charge < -0.3 is 10.6 Å². The number of likely N-dealkylation sites (tertiary alicyclic amines) is 2. The van der Waals surface area contributed by atoms with Crippen molar-refractivity contribution in [3.05, 3.63) is 0 Å². The fourth-order valence-corrected chi connectivity index (χ4v) is 2.33. The van der Waals surface area contributed by atoms with Crippen molar-refractivity contribution in [3.63, 3.8) is 0 Å². The van der Waals surface area contributed by atoms with Gasteiger partial charge in [0.1, 0.15) is 0 Å². The molecular formula is C10H21N3. The molecule has 2 fully saturated rings. The van der Waals surface area contributed by atoms with E-state index in [2.05, 4.69) is 9.80 Å². The van der Waals surface area contributed by atoms with Crippen molar-refractivity contribution in [3.8, 4) is 0 Å². The first-order valence-electron chi connectivity index (χ1n) is 5.56. The summed E-state index contributed by atoms with van der Waals surface area (Å²) in [5.41, 5.74) is 5.50. The molecule has 0 amide bonds. The quantitative estimate of drug-likeness (QED) is 0.672. The van der Waals surface area contributed by atoms with Gasteiger partial charge in [0.05, 0.1) is 0 Å². The Morgan fingerprint density at radius 1 is 1.23 bits per heavy atom. The Morgan fingerprint density at radius 2 is 2.08 bits per heavy atom. The number of hydrogen-bond donors (Lipinski definition) is 1. The second kappa shape index (κ2) is 4.40. The molecule has 3 nitrogen and oxygen atoms in total. The smallest absolute Gasteiger partial charge is 0.0235 e. The predicted octanol–water partition coefficient (Wildman–Crippen LogP) is 0.115. The molecule has 0 aromatic heterocycles. The van der Waals surface area contributed by atoms with Crippen LogP contribution in [0.4, 0.5) is 0 Å². The maximum Gasteiger partial charge on any atom is 0.0235 e. The van der Waals surface area contributed by atoms with Gasteiger partial charge in [-0.15, -0.1) is 0 Å². The van der Waals surface area contributed by atoms with Crippen LogP contribution in [-0.2, 0) is 0 Å². The molecular weight excluding hydrogens is 162 g/mol. The minimum absolute atomic E-state index is 0.838. The Kier molecular flexibility index (Phi) is 3.19. The van der Waals surface area contributed by atoms with Gasteiger partial charge in [0.15, 0.2) is 0 Å². The van der Waals surface area contributed by atoms with Gasteiger partial charge in [-0.1, -0.05) is 0 Å². The molecule has 0 aliphatic carbocycles. The summed E-state index contributed by atoms with van der Waals surface area (Å²) in [6, 6.07) is 0.867. The molecule has 0 saturated carbocycles. The Bertz CT molecular complexity index is 156. The second-order valence-electron chi connectivity index (χ2n) is 4.27. The highest BCUT2D eigenvalue weighted by molar-refractivity contribution is 4.86.